The van der Waals surface area contributed by atoms with Gasteiger partial charge >= 0.3 is 12.1 Å². The average Bonchev–Trinajstić information content (AvgIpc) is 3.04. The zero-order chi connectivity index (χ0) is 33.3. The Balaban J connectivity index is 1.45. The number of aliphatic hydroxyl groups is 2. The molecule has 0 saturated carbocycles. The van der Waals surface area contributed by atoms with E-state index in [2.05, 4.69) is 16.8 Å². The van der Waals surface area contributed by atoms with Gasteiger partial charge in [0.05, 0.1) is 12.5 Å². The molecular formula is C36H52FN3O6. The highest BCUT2D eigenvalue weighted by molar-refractivity contribution is 5.70. The van der Waals surface area contributed by atoms with Crippen LogP contribution in [0.5, 0.6) is 0 Å². The second-order valence-electron chi connectivity index (χ2n) is 13.5. The van der Waals surface area contributed by atoms with E-state index < -0.39 is 42.1 Å². The highest BCUT2D eigenvalue weighted by Crippen LogP contribution is 2.29. The lowest BCUT2D eigenvalue weighted by Crippen LogP contribution is -2.51. The number of piperidine rings is 2. The first-order chi connectivity index (χ1) is 21.9. The van der Waals surface area contributed by atoms with Gasteiger partial charge in [0.2, 0.25) is 0 Å². The summed E-state index contributed by atoms with van der Waals surface area (Å²) in [5.41, 5.74) is 0.421. The van der Waals surface area contributed by atoms with Crippen LogP contribution in [-0.2, 0) is 14.3 Å². The highest BCUT2D eigenvalue weighted by Gasteiger charge is 2.37. The number of esters is 1. The first-order valence-electron chi connectivity index (χ1n) is 16.8. The van der Waals surface area contributed by atoms with Crippen LogP contribution in [0.25, 0.3) is 0 Å². The lowest BCUT2D eigenvalue weighted by atomic mass is 9.88. The molecule has 10 heteroatoms. The smallest absolute Gasteiger partial charge is 0.410 e. The van der Waals surface area contributed by atoms with Gasteiger partial charge in [-0.25, -0.2) is 9.18 Å². The molecule has 9 nitrogen and oxygen atoms in total. The molecule has 46 heavy (non-hydrogen) atoms. The molecule has 0 spiro atoms. The predicted octanol–water partition coefficient (Wildman–Crippen LogP) is 5.49. The molecule has 4 heterocycles. The summed E-state index contributed by atoms with van der Waals surface area (Å²) in [6.07, 6.45) is 11.9. The van der Waals surface area contributed by atoms with Crippen molar-refractivity contribution in [2.75, 3.05) is 26.2 Å². The lowest BCUT2D eigenvalue weighted by molar-refractivity contribution is -0.151. The summed E-state index contributed by atoms with van der Waals surface area (Å²) in [4.78, 5) is 34.3. The van der Waals surface area contributed by atoms with Crippen molar-refractivity contribution in [3.05, 3.63) is 66.0 Å². The first kappa shape index (κ1) is 35.8. The van der Waals surface area contributed by atoms with E-state index in [1.807, 2.05) is 56.5 Å². The number of alkyl halides is 1. The van der Waals surface area contributed by atoms with E-state index in [9.17, 15) is 24.2 Å². The maximum atomic E-state index is 13.6. The molecule has 0 aromatic carbocycles. The molecule has 6 atom stereocenters. The minimum absolute atomic E-state index is 0.118. The Labute approximate surface area is 273 Å². The topological polar surface area (TPSA) is 112 Å². The number of carbonyl (C=O) groups excluding carboxylic acids is 2. The van der Waals surface area contributed by atoms with Gasteiger partial charge in [0.1, 0.15) is 17.9 Å². The third-order valence-corrected chi connectivity index (χ3v) is 9.67. The van der Waals surface area contributed by atoms with Crippen molar-refractivity contribution in [3.63, 3.8) is 0 Å². The Morgan fingerprint density at radius 1 is 1.17 bits per heavy atom. The number of hydrogen-bond donors (Lipinski definition) is 2. The molecule has 1 unspecified atom stereocenters. The SMILES string of the molecule is C/C(=C\C=C\C(C)c1cccnc1)[C@H]1OC(=O)C[C@@H](O)CC[C@](C)(O)[C@@H](OC(=O)N2CCC(N3CCC(F)CC3)CC2)/C=C/[C@@H]1C. The molecule has 0 radical (unpaired) electrons. The number of hydrogen-bond acceptors (Lipinski definition) is 8. The molecule has 2 fully saturated rings. The Morgan fingerprint density at radius 3 is 2.57 bits per heavy atom. The number of ether oxygens (including phenoxy) is 2. The maximum absolute atomic E-state index is 13.6. The molecule has 1 aromatic rings. The predicted molar refractivity (Wildman–Crippen MR) is 175 cm³/mol. The van der Waals surface area contributed by atoms with Crippen molar-refractivity contribution >= 4 is 12.1 Å². The summed E-state index contributed by atoms with van der Waals surface area (Å²) in [7, 11) is 0. The van der Waals surface area contributed by atoms with Gasteiger partial charge in [0.25, 0.3) is 0 Å². The van der Waals surface area contributed by atoms with Gasteiger partial charge in [-0.3, -0.25) is 9.78 Å². The van der Waals surface area contributed by atoms with Crippen molar-refractivity contribution in [3.8, 4) is 0 Å². The number of carbonyl (C=O) groups is 2. The van der Waals surface area contributed by atoms with Gasteiger partial charge in [-0.1, -0.05) is 44.2 Å². The van der Waals surface area contributed by atoms with Gasteiger partial charge in [-0.05, 0) is 75.7 Å². The van der Waals surface area contributed by atoms with Crippen LogP contribution >= 0.6 is 0 Å². The molecule has 1 aromatic heterocycles. The highest BCUT2D eigenvalue weighted by atomic mass is 19.1. The monoisotopic (exact) mass is 641 g/mol. The Kier molecular flexibility index (Phi) is 13.0. The molecule has 3 aliphatic rings. The van der Waals surface area contributed by atoms with Crippen LogP contribution in [0.3, 0.4) is 0 Å². The number of rotatable bonds is 6. The number of nitrogens with zero attached hydrogens (tertiary/aromatic N) is 3. The zero-order valence-corrected chi connectivity index (χ0v) is 27.8. The van der Waals surface area contributed by atoms with Crippen molar-refractivity contribution < 1.29 is 33.7 Å². The molecular weight excluding hydrogens is 589 g/mol. The molecule has 254 valence electrons. The zero-order valence-electron chi connectivity index (χ0n) is 27.8. The molecule has 2 N–H and O–H groups in total. The summed E-state index contributed by atoms with van der Waals surface area (Å²) in [5, 5.41) is 22.1. The summed E-state index contributed by atoms with van der Waals surface area (Å²) < 4.78 is 25.4. The van der Waals surface area contributed by atoms with E-state index in [-0.39, 0.29) is 31.1 Å². The van der Waals surface area contributed by atoms with Crippen LogP contribution in [0.15, 0.2) is 60.5 Å². The maximum Gasteiger partial charge on any atom is 0.410 e. The second-order valence-corrected chi connectivity index (χ2v) is 13.5. The van der Waals surface area contributed by atoms with E-state index in [1.165, 1.54) is 0 Å². The summed E-state index contributed by atoms with van der Waals surface area (Å²) in [5.74, 6) is -0.692. The number of allylic oxidation sites excluding steroid dienone is 3. The van der Waals surface area contributed by atoms with Crippen molar-refractivity contribution in [1.82, 2.24) is 14.8 Å². The Hall–Kier alpha value is -3.08. The largest absolute Gasteiger partial charge is 0.457 e. The Morgan fingerprint density at radius 2 is 1.89 bits per heavy atom. The number of pyridine rings is 1. The van der Waals surface area contributed by atoms with Gasteiger partial charge in [-0.15, -0.1) is 0 Å². The van der Waals surface area contributed by atoms with Crippen molar-refractivity contribution in [2.24, 2.45) is 5.92 Å². The standard InChI is InChI=1S/C36H52FN3O6/c1-25(28-9-6-18-38-24-28)7-5-8-26(2)34-27(3)10-11-32(36(4,44)17-12-31(41)23-33(42)46-34)45-35(43)40-21-15-30(16-22-40)39-19-13-29(37)14-20-39/h5-11,18,24-25,27,29-32,34,41,44H,12-17,19-23H2,1-4H3/b7-5+,11-10+,26-8+/t25?,27-,31-,32-,34+,36-/m0/s1. The van der Waals surface area contributed by atoms with Crippen molar-refractivity contribution in [1.29, 1.82) is 0 Å². The van der Waals surface area contributed by atoms with E-state index in [0.29, 0.717) is 32.0 Å². The fourth-order valence-electron chi connectivity index (χ4n) is 6.51. The number of halogens is 1. The van der Waals surface area contributed by atoms with Crippen molar-refractivity contribution in [2.45, 2.75) is 115 Å². The number of aliphatic hydroxyl groups excluding tert-OH is 1. The van der Waals surface area contributed by atoms with Gasteiger partial charge in [0.15, 0.2) is 6.10 Å². The van der Waals surface area contributed by atoms with E-state index in [0.717, 1.165) is 37.1 Å². The third-order valence-electron chi connectivity index (χ3n) is 9.67. The molecule has 0 aliphatic carbocycles. The van der Waals surface area contributed by atoms with E-state index in [1.54, 1.807) is 24.1 Å². The summed E-state index contributed by atoms with van der Waals surface area (Å²) >= 11 is 0. The Bertz CT molecular complexity index is 1220. The fraction of sp³-hybridized carbons (Fsp3) is 0.639. The average molecular weight is 642 g/mol. The fourth-order valence-corrected chi connectivity index (χ4v) is 6.51. The summed E-state index contributed by atoms with van der Waals surface area (Å²) in [6.45, 7) is 10.0. The van der Waals surface area contributed by atoms with Crippen LogP contribution in [0.2, 0.25) is 0 Å². The normalized spacial score (nSPS) is 31.5. The van der Waals surface area contributed by atoms with Crippen LogP contribution in [0.1, 0.15) is 84.1 Å². The van der Waals surface area contributed by atoms with Gasteiger partial charge in [-0.2, -0.15) is 0 Å². The number of likely N-dealkylation sites (tertiary alicyclic amines) is 2. The number of cyclic esters (lactones) is 1. The van der Waals surface area contributed by atoms with Crippen LogP contribution < -0.4 is 0 Å². The number of aromatic nitrogens is 1. The van der Waals surface area contributed by atoms with Crippen LogP contribution in [0.4, 0.5) is 9.18 Å². The lowest BCUT2D eigenvalue weighted by Gasteiger charge is -2.41. The molecule has 2 saturated heterocycles. The van der Waals surface area contributed by atoms with Gasteiger partial charge in [0, 0.05) is 56.5 Å². The number of amides is 1. The minimum atomic E-state index is -1.48. The van der Waals surface area contributed by atoms with E-state index in [4.69, 9.17) is 9.47 Å². The molecule has 0 bridgehead atoms. The summed E-state index contributed by atoms with van der Waals surface area (Å²) in [6, 6.07) is 4.24. The molecule has 3 aliphatic heterocycles. The third kappa shape index (κ3) is 10.2. The van der Waals surface area contributed by atoms with Crippen LogP contribution in [0, 0.1) is 5.92 Å². The molecule has 1 amide bonds. The first-order valence-corrected chi connectivity index (χ1v) is 16.8. The second kappa shape index (κ2) is 16.7. The quantitative estimate of drug-likeness (QED) is 0.238. The van der Waals surface area contributed by atoms with E-state index >= 15 is 0 Å². The van der Waals surface area contributed by atoms with Crippen LogP contribution in [-0.4, -0.2) is 99.4 Å². The van der Waals surface area contributed by atoms with Gasteiger partial charge < -0.3 is 29.5 Å². The minimum Gasteiger partial charge on any atom is -0.457 e. The molecule has 4 rings (SSSR count).